The van der Waals surface area contributed by atoms with Gasteiger partial charge in [-0.25, -0.2) is 4.39 Å². The van der Waals surface area contributed by atoms with E-state index in [-0.39, 0.29) is 18.2 Å². The van der Waals surface area contributed by atoms with Crippen molar-refractivity contribution in [3.63, 3.8) is 0 Å². The van der Waals surface area contributed by atoms with Crippen LogP contribution in [0.3, 0.4) is 0 Å². The zero-order chi connectivity index (χ0) is 20.9. The van der Waals surface area contributed by atoms with E-state index in [1.165, 1.54) is 37.8 Å². The Kier molecular flexibility index (Phi) is 6.31. The molecule has 1 aliphatic heterocycles. The Balaban J connectivity index is 1.44. The summed E-state index contributed by atoms with van der Waals surface area (Å²) >= 11 is 0. The Morgan fingerprint density at radius 3 is 2.60 bits per heavy atom. The van der Waals surface area contributed by atoms with Gasteiger partial charge in [-0.05, 0) is 55.9 Å². The van der Waals surface area contributed by atoms with Gasteiger partial charge in [0.15, 0.2) is 6.61 Å². The highest BCUT2D eigenvalue weighted by atomic mass is 19.1. The number of fused-ring (bicyclic) bond motifs is 1. The summed E-state index contributed by atoms with van der Waals surface area (Å²) in [6, 6.07) is 13.3. The smallest absolute Gasteiger partial charge is 0.262 e. The van der Waals surface area contributed by atoms with Crippen molar-refractivity contribution in [3.8, 4) is 5.75 Å². The molecule has 2 aromatic rings. The van der Waals surface area contributed by atoms with Crippen molar-refractivity contribution in [1.82, 2.24) is 4.90 Å². The average molecular weight is 410 g/mol. The number of carbonyl (C=O) groups is 2. The Labute approximate surface area is 176 Å². The van der Waals surface area contributed by atoms with E-state index in [4.69, 9.17) is 4.74 Å². The molecule has 2 atom stereocenters. The van der Waals surface area contributed by atoms with Crippen LogP contribution in [0.2, 0.25) is 0 Å². The van der Waals surface area contributed by atoms with Crippen LogP contribution in [-0.4, -0.2) is 35.9 Å². The minimum absolute atomic E-state index is 0.0308. The van der Waals surface area contributed by atoms with Crippen LogP contribution in [0.5, 0.6) is 5.75 Å². The molecule has 1 heterocycles. The van der Waals surface area contributed by atoms with E-state index in [1.807, 2.05) is 11.0 Å². The monoisotopic (exact) mass is 410 g/mol. The van der Waals surface area contributed by atoms with Crippen LogP contribution < -0.4 is 10.1 Å². The number of nitrogens with one attached hydrogen (secondary N) is 1. The summed E-state index contributed by atoms with van der Waals surface area (Å²) in [6.45, 7) is 0.465. The normalized spacial score (nSPS) is 20.9. The van der Waals surface area contributed by atoms with Gasteiger partial charge in [-0.1, -0.05) is 37.1 Å². The molecule has 158 valence electrons. The maximum Gasteiger partial charge on any atom is 0.262 e. The molecule has 1 N–H and O–H groups in total. The number of para-hydroxylation sites is 2. The van der Waals surface area contributed by atoms with Crippen molar-refractivity contribution in [2.75, 3.05) is 18.5 Å². The number of anilines is 1. The molecule has 1 saturated heterocycles. The zero-order valence-corrected chi connectivity index (χ0v) is 17.0. The summed E-state index contributed by atoms with van der Waals surface area (Å²) in [6.07, 6.45) is 6.90. The number of carbonyl (C=O) groups excluding carboxylic acids is 2. The number of hydrogen-bond acceptors (Lipinski definition) is 3. The number of amides is 2. The molecule has 2 unspecified atom stereocenters. The van der Waals surface area contributed by atoms with Crippen LogP contribution in [0.15, 0.2) is 48.5 Å². The maximum absolute atomic E-state index is 13.7. The summed E-state index contributed by atoms with van der Waals surface area (Å²) in [4.78, 5) is 27.6. The standard InChI is InChI=1S/C24H27FN2O3/c25-19-11-3-4-12-20(19)26-23(28)16-30-22-14-6-2-10-18(22)24(29)27-15-7-9-17-8-1-5-13-21(17)27/h2-4,6,10-12,14,17,21H,1,5,7-9,13,15-16H2,(H,26,28). The number of halogens is 1. The van der Waals surface area contributed by atoms with Crippen LogP contribution in [0, 0.1) is 11.7 Å². The van der Waals surface area contributed by atoms with E-state index < -0.39 is 11.7 Å². The molecule has 2 aliphatic rings. The van der Waals surface area contributed by atoms with Gasteiger partial charge in [0.25, 0.3) is 11.8 Å². The van der Waals surface area contributed by atoms with Crippen LogP contribution in [0.1, 0.15) is 48.9 Å². The molecular formula is C24H27FN2O3. The predicted octanol–water partition coefficient (Wildman–Crippen LogP) is 4.64. The first-order valence-electron chi connectivity index (χ1n) is 10.7. The van der Waals surface area contributed by atoms with Crippen LogP contribution >= 0.6 is 0 Å². The highest BCUT2D eigenvalue weighted by Gasteiger charge is 2.36. The molecule has 0 radical (unpaired) electrons. The second kappa shape index (κ2) is 9.28. The first-order chi connectivity index (χ1) is 14.6. The molecule has 6 heteroatoms. The van der Waals surface area contributed by atoms with E-state index >= 15 is 0 Å². The van der Waals surface area contributed by atoms with Gasteiger partial charge in [0, 0.05) is 12.6 Å². The number of rotatable bonds is 5. The highest BCUT2D eigenvalue weighted by molar-refractivity contribution is 5.97. The van der Waals surface area contributed by atoms with E-state index in [0.29, 0.717) is 23.3 Å². The fourth-order valence-electron chi connectivity index (χ4n) is 4.69. The molecule has 1 saturated carbocycles. The SMILES string of the molecule is O=C(COc1ccccc1C(=O)N1CCCC2CCCCC21)Nc1ccccc1F. The third-order valence-electron chi connectivity index (χ3n) is 6.13. The number of ether oxygens (including phenoxy) is 1. The summed E-state index contributed by atoms with van der Waals surface area (Å²) in [5.74, 6) is -0.0434. The number of nitrogens with zero attached hydrogens (tertiary/aromatic N) is 1. The fraction of sp³-hybridized carbons (Fsp3) is 0.417. The Bertz CT molecular complexity index is 915. The Morgan fingerprint density at radius 2 is 1.73 bits per heavy atom. The van der Waals surface area contributed by atoms with Crippen LogP contribution in [-0.2, 0) is 4.79 Å². The lowest BCUT2D eigenvalue weighted by Crippen LogP contribution is -2.49. The molecule has 0 aromatic heterocycles. The summed E-state index contributed by atoms with van der Waals surface area (Å²) in [7, 11) is 0. The van der Waals surface area contributed by atoms with Gasteiger partial charge in [0.2, 0.25) is 0 Å². The van der Waals surface area contributed by atoms with Crippen molar-refractivity contribution >= 4 is 17.5 Å². The first kappa shape index (κ1) is 20.4. The molecule has 0 bridgehead atoms. The van der Waals surface area contributed by atoms with Gasteiger partial charge in [-0.2, -0.15) is 0 Å². The number of likely N-dealkylation sites (tertiary alicyclic amines) is 1. The molecule has 30 heavy (non-hydrogen) atoms. The van der Waals surface area contributed by atoms with Crippen molar-refractivity contribution in [3.05, 3.63) is 59.9 Å². The van der Waals surface area contributed by atoms with E-state index in [0.717, 1.165) is 19.4 Å². The quantitative estimate of drug-likeness (QED) is 0.781. The Hall–Kier alpha value is -2.89. The Morgan fingerprint density at radius 1 is 1.00 bits per heavy atom. The lowest BCUT2D eigenvalue weighted by molar-refractivity contribution is -0.118. The third kappa shape index (κ3) is 4.48. The lowest BCUT2D eigenvalue weighted by atomic mass is 9.78. The highest BCUT2D eigenvalue weighted by Crippen LogP contribution is 2.36. The second-order valence-corrected chi connectivity index (χ2v) is 8.07. The zero-order valence-electron chi connectivity index (χ0n) is 17.0. The second-order valence-electron chi connectivity index (χ2n) is 8.07. The number of benzene rings is 2. The largest absolute Gasteiger partial charge is 0.483 e. The van der Waals surface area contributed by atoms with Crippen molar-refractivity contribution < 1.29 is 18.7 Å². The van der Waals surface area contributed by atoms with E-state index in [2.05, 4.69) is 5.32 Å². The van der Waals surface area contributed by atoms with Gasteiger partial charge in [-0.3, -0.25) is 9.59 Å². The van der Waals surface area contributed by atoms with Crippen molar-refractivity contribution in [2.24, 2.45) is 5.92 Å². The maximum atomic E-state index is 13.7. The molecule has 0 spiro atoms. The van der Waals surface area contributed by atoms with Gasteiger partial charge in [-0.15, -0.1) is 0 Å². The van der Waals surface area contributed by atoms with Gasteiger partial charge in [0.05, 0.1) is 11.3 Å². The van der Waals surface area contributed by atoms with Crippen LogP contribution in [0.25, 0.3) is 0 Å². The summed E-state index contributed by atoms with van der Waals surface area (Å²) in [5.41, 5.74) is 0.578. The van der Waals surface area contributed by atoms with Crippen molar-refractivity contribution in [2.45, 2.75) is 44.6 Å². The molecule has 2 amide bonds. The number of hydrogen-bond donors (Lipinski definition) is 1. The van der Waals surface area contributed by atoms with E-state index in [1.54, 1.807) is 30.3 Å². The average Bonchev–Trinajstić information content (AvgIpc) is 2.78. The molecule has 1 aliphatic carbocycles. The molecule has 2 fully saturated rings. The molecular weight excluding hydrogens is 383 g/mol. The molecule has 5 nitrogen and oxygen atoms in total. The summed E-state index contributed by atoms with van der Waals surface area (Å²) < 4.78 is 19.4. The lowest BCUT2D eigenvalue weighted by Gasteiger charge is -2.44. The number of piperidine rings is 1. The van der Waals surface area contributed by atoms with Crippen molar-refractivity contribution in [1.29, 1.82) is 0 Å². The van der Waals surface area contributed by atoms with E-state index in [9.17, 15) is 14.0 Å². The first-order valence-corrected chi connectivity index (χ1v) is 10.7. The topological polar surface area (TPSA) is 58.6 Å². The predicted molar refractivity (Wildman–Crippen MR) is 113 cm³/mol. The molecule has 2 aromatic carbocycles. The van der Waals surface area contributed by atoms with Gasteiger partial charge in [0.1, 0.15) is 11.6 Å². The molecule has 4 rings (SSSR count). The fourth-order valence-corrected chi connectivity index (χ4v) is 4.69. The minimum Gasteiger partial charge on any atom is -0.483 e. The third-order valence-corrected chi connectivity index (χ3v) is 6.13. The summed E-state index contributed by atoms with van der Waals surface area (Å²) in [5, 5.41) is 2.50. The van der Waals surface area contributed by atoms with Crippen LogP contribution in [0.4, 0.5) is 10.1 Å². The minimum atomic E-state index is -0.506. The van der Waals surface area contributed by atoms with Gasteiger partial charge < -0.3 is 15.0 Å². The van der Waals surface area contributed by atoms with Gasteiger partial charge >= 0.3 is 0 Å².